The highest BCUT2D eigenvalue weighted by molar-refractivity contribution is 7.26. The quantitative estimate of drug-likeness (QED) is 0.152. The van der Waals surface area contributed by atoms with E-state index in [-0.39, 0.29) is 0 Å². The van der Waals surface area contributed by atoms with E-state index in [4.69, 9.17) is 0 Å². The molecule has 0 aliphatic carbocycles. The molecular formula is C66H45NS2. The van der Waals surface area contributed by atoms with Gasteiger partial charge in [0.1, 0.15) is 0 Å². The van der Waals surface area contributed by atoms with Crippen molar-refractivity contribution in [3.8, 4) is 50.2 Å². The molecule has 14 rings (SSSR count). The Morgan fingerprint density at radius 2 is 0.696 bits per heavy atom. The Bertz CT molecular complexity index is 4210. The molecule has 0 radical (unpaired) electrons. The smallest absolute Gasteiger partial charge is 0.0541 e. The second-order valence-electron chi connectivity index (χ2n) is 19.1. The monoisotopic (exact) mass is 915 g/mol. The molecule has 11 aromatic carbocycles. The molecule has 0 N–H and O–H groups in total. The van der Waals surface area contributed by atoms with Crippen molar-refractivity contribution in [2.24, 2.45) is 0 Å². The van der Waals surface area contributed by atoms with Gasteiger partial charge in [0, 0.05) is 56.8 Å². The predicted octanol–water partition coefficient (Wildman–Crippen LogP) is 19.7. The van der Waals surface area contributed by atoms with Crippen LogP contribution in [-0.4, -0.2) is 4.57 Å². The Hall–Kier alpha value is -7.82. The Kier molecular flexibility index (Phi) is 8.96. The molecule has 14 aromatic rings. The minimum absolute atomic E-state index is 1.14. The first kappa shape index (κ1) is 40.3. The molecule has 0 saturated heterocycles. The van der Waals surface area contributed by atoms with E-state index in [9.17, 15) is 0 Å². The molecule has 69 heavy (non-hydrogen) atoms. The van der Waals surface area contributed by atoms with Crippen LogP contribution in [0.4, 0.5) is 0 Å². The number of hydrogen-bond donors (Lipinski definition) is 0. The number of aromatic nitrogens is 1. The Morgan fingerprint density at radius 3 is 1.16 bits per heavy atom. The van der Waals surface area contributed by atoms with E-state index in [0.29, 0.717) is 0 Å². The van der Waals surface area contributed by atoms with Crippen molar-refractivity contribution < 1.29 is 0 Å². The van der Waals surface area contributed by atoms with Crippen LogP contribution in [0.2, 0.25) is 0 Å². The van der Waals surface area contributed by atoms with E-state index in [1.54, 1.807) is 0 Å². The van der Waals surface area contributed by atoms with Gasteiger partial charge in [0.2, 0.25) is 0 Å². The van der Waals surface area contributed by atoms with E-state index in [0.717, 1.165) is 5.69 Å². The summed E-state index contributed by atoms with van der Waals surface area (Å²) < 4.78 is 7.85. The standard InChI is InChI=1S/C66H45NS2/c1-38-18-28-61-55(30-38)57-34-40(3)32-51(65(57)68-61)44-22-26-59-53(36-44)54-37-45(52-33-41(4)35-58-56-31-39(2)19-29-62(56)69-66(52)58)23-27-60(54)67(59)46-24-20-43(21-25-46)64-49-16-10-8-14-47(49)63(42-12-6-5-7-13-42)48-15-9-11-17-50(48)64/h5-37H,1-4H3. The number of hydrogen-bond acceptors (Lipinski definition) is 2. The van der Waals surface area contributed by atoms with Crippen LogP contribution < -0.4 is 0 Å². The van der Waals surface area contributed by atoms with E-state index in [1.165, 1.54) is 150 Å². The van der Waals surface area contributed by atoms with Gasteiger partial charge in [-0.3, -0.25) is 0 Å². The van der Waals surface area contributed by atoms with Gasteiger partial charge in [0.25, 0.3) is 0 Å². The molecule has 0 fully saturated rings. The number of fused-ring (bicyclic) bond motifs is 11. The van der Waals surface area contributed by atoms with Crippen LogP contribution in [0.3, 0.4) is 0 Å². The van der Waals surface area contributed by atoms with Gasteiger partial charge in [0.05, 0.1) is 11.0 Å². The van der Waals surface area contributed by atoms with Crippen molar-refractivity contribution in [1.29, 1.82) is 0 Å². The van der Waals surface area contributed by atoms with Gasteiger partial charge in [-0.1, -0.05) is 126 Å². The maximum atomic E-state index is 2.48. The van der Waals surface area contributed by atoms with Crippen LogP contribution in [-0.2, 0) is 0 Å². The molecule has 0 bridgehead atoms. The molecule has 0 spiro atoms. The Labute approximate surface area is 408 Å². The third kappa shape index (κ3) is 6.27. The SMILES string of the molecule is Cc1ccc2sc3c(-c4ccc5c(c4)c4cc(-c6cc(C)cc7c6sc6ccc(C)cc67)ccc4n5-c4ccc(-c5c6ccccc6c(-c6ccccc6)c6ccccc56)cc4)cc(C)cc3c2c1. The van der Waals surface area contributed by atoms with Gasteiger partial charge < -0.3 is 4.57 Å². The zero-order valence-corrected chi connectivity index (χ0v) is 40.4. The largest absolute Gasteiger partial charge is 0.309 e. The highest BCUT2D eigenvalue weighted by Crippen LogP contribution is 2.47. The summed E-state index contributed by atoms with van der Waals surface area (Å²) in [5.41, 5.74) is 18.8. The third-order valence-electron chi connectivity index (χ3n) is 14.5. The number of rotatable bonds is 5. The van der Waals surface area contributed by atoms with Crippen LogP contribution in [0.5, 0.6) is 0 Å². The minimum Gasteiger partial charge on any atom is -0.309 e. The number of thiophene rings is 2. The lowest BCUT2D eigenvalue weighted by Crippen LogP contribution is -1.95. The summed E-state index contributed by atoms with van der Waals surface area (Å²) in [5.74, 6) is 0. The first-order valence-electron chi connectivity index (χ1n) is 23.9. The molecule has 0 aliphatic heterocycles. The maximum Gasteiger partial charge on any atom is 0.0541 e. The minimum atomic E-state index is 1.14. The van der Waals surface area contributed by atoms with Crippen molar-refractivity contribution in [1.82, 2.24) is 4.57 Å². The van der Waals surface area contributed by atoms with E-state index < -0.39 is 0 Å². The molecule has 0 amide bonds. The van der Waals surface area contributed by atoms with E-state index in [1.807, 2.05) is 22.7 Å². The maximum absolute atomic E-state index is 2.48. The van der Waals surface area contributed by atoms with Gasteiger partial charge in [-0.25, -0.2) is 0 Å². The molecule has 3 heterocycles. The third-order valence-corrected chi connectivity index (χ3v) is 17.0. The molecule has 0 unspecified atom stereocenters. The summed E-state index contributed by atoms with van der Waals surface area (Å²) in [4.78, 5) is 0. The molecule has 3 heteroatoms. The predicted molar refractivity (Wildman–Crippen MR) is 302 cm³/mol. The summed E-state index contributed by atoms with van der Waals surface area (Å²) in [5, 5.41) is 12.9. The Balaban J connectivity index is 0.989. The van der Waals surface area contributed by atoms with Gasteiger partial charge in [-0.2, -0.15) is 0 Å². The van der Waals surface area contributed by atoms with Crippen molar-refractivity contribution >= 4 is 106 Å². The second-order valence-corrected chi connectivity index (χ2v) is 21.2. The van der Waals surface area contributed by atoms with Crippen LogP contribution in [0, 0.1) is 27.7 Å². The van der Waals surface area contributed by atoms with Gasteiger partial charge >= 0.3 is 0 Å². The molecule has 0 aliphatic rings. The van der Waals surface area contributed by atoms with Gasteiger partial charge in [-0.15, -0.1) is 22.7 Å². The van der Waals surface area contributed by atoms with Crippen LogP contribution in [0.1, 0.15) is 22.3 Å². The normalized spacial score (nSPS) is 12.1. The second kappa shape index (κ2) is 15.3. The summed E-state index contributed by atoms with van der Waals surface area (Å²) in [6.45, 7) is 8.87. The van der Waals surface area contributed by atoms with Crippen LogP contribution in [0.25, 0.3) is 134 Å². The lowest BCUT2D eigenvalue weighted by atomic mass is 9.86. The topological polar surface area (TPSA) is 4.93 Å². The summed E-state index contributed by atoms with van der Waals surface area (Å²) >= 11 is 3.82. The van der Waals surface area contributed by atoms with Crippen molar-refractivity contribution in [2.75, 3.05) is 0 Å². The zero-order valence-electron chi connectivity index (χ0n) is 38.8. The number of aryl methyl sites for hydroxylation is 4. The average molecular weight is 916 g/mol. The van der Waals surface area contributed by atoms with Gasteiger partial charge in [0.15, 0.2) is 0 Å². The van der Waals surface area contributed by atoms with Gasteiger partial charge in [-0.05, 0) is 190 Å². The lowest BCUT2D eigenvalue weighted by Gasteiger charge is -2.18. The summed E-state index contributed by atoms with van der Waals surface area (Å²) in [6, 6.07) is 75.7. The molecule has 3 aromatic heterocycles. The number of nitrogens with zero attached hydrogens (tertiary/aromatic N) is 1. The number of benzene rings is 11. The first-order valence-corrected chi connectivity index (χ1v) is 25.5. The van der Waals surface area contributed by atoms with E-state index in [2.05, 4.69) is 232 Å². The highest BCUT2D eigenvalue weighted by Gasteiger charge is 2.21. The van der Waals surface area contributed by atoms with Crippen molar-refractivity contribution in [3.63, 3.8) is 0 Å². The fourth-order valence-electron chi connectivity index (χ4n) is 11.5. The Morgan fingerprint density at radius 1 is 0.290 bits per heavy atom. The van der Waals surface area contributed by atoms with Crippen LogP contribution >= 0.6 is 22.7 Å². The van der Waals surface area contributed by atoms with Crippen molar-refractivity contribution in [2.45, 2.75) is 27.7 Å². The average Bonchev–Trinajstić information content (AvgIpc) is 4.04. The molecule has 0 atom stereocenters. The molecule has 1 nitrogen and oxygen atoms in total. The van der Waals surface area contributed by atoms with E-state index >= 15 is 0 Å². The lowest BCUT2D eigenvalue weighted by molar-refractivity contribution is 1.18. The first-order chi connectivity index (χ1) is 33.8. The summed E-state index contributed by atoms with van der Waals surface area (Å²) in [7, 11) is 0. The van der Waals surface area contributed by atoms with Crippen molar-refractivity contribution in [3.05, 3.63) is 222 Å². The van der Waals surface area contributed by atoms with Crippen LogP contribution in [0.15, 0.2) is 200 Å². The molecular weight excluding hydrogens is 871 g/mol. The zero-order chi connectivity index (χ0) is 46.1. The molecule has 0 saturated carbocycles. The highest BCUT2D eigenvalue weighted by atomic mass is 32.1. The fraction of sp³-hybridized carbons (Fsp3) is 0.0606. The summed E-state index contributed by atoms with van der Waals surface area (Å²) in [6.07, 6.45) is 0. The molecule has 326 valence electrons. The fourth-order valence-corrected chi connectivity index (χ4v) is 13.9.